The summed E-state index contributed by atoms with van der Waals surface area (Å²) in [5, 5.41) is 3.36. The topological polar surface area (TPSA) is 56.5 Å². The Balaban J connectivity index is 2.15. The van der Waals surface area contributed by atoms with E-state index in [1.165, 1.54) is 0 Å². The van der Waals surface area contributed by atoms with Crippen LogP contribution in [0, 0.1) is 6.92 Å². The molecule has 0 aromatic heterocycles. The summed E-state index contributed by atoms with van der Waals surface area (Å²) in [5.41, 5.74) is 9.94. The van der Waals surface area contributed by atoms with E-state index in [4.69, 9.17) is 15.2 Å². The molecule has 0 saturated carbocycles. The van der Waals surface area contributed by atoms with E-state index in [-0.39, 0.29) is 0 Å². The molecule has 0 heterocycles. The molecule has 4 heteroatoms. The van der Waals surface area contributed by atoms with Crippen molar-refractivity contribution >= 4 is 11.4 Å². The maximum atomic E-state index is 5.98. The van der Waals surface area contributed by atoms with Crippen LogP contribution in [0.5, 0.6) is 11.5 Å². The van der Waals surface area contributed by atoms with Crippen molar-refractivity contribution in [3.8, 4) is 11.5 Å². The zero-order chi connectivity index (χ0) is 14.5. The monoisotopic (exact) mass is 272 g/mol. The SMILES string of the molecule is COc1ccc(CNc2c(C)cccc2N)cc1OC. The summed E-state index contributed by atoms with van der Waals surface area (Å²) < 4.78 is 10.5. The van der Waals surface area contributed by atoms with Gasteiger partial charge in [-0.15, -0.1) is 0 Å². The van der Waals surface area contributed by atoms with Crippen LogP contribution in [-0.2, 0) is 6.54 Å². The van der Waals surface area contributed by atoms with Gasteiger partial charge < -0.3 is 20.5 Å². The number of methoxy groups -OCH3 is 2. The number of hydrogen-bond donors (Lipinski definition) is 2. The molecule has 0 atom stereocenters. The van der Waals surface area contributed by atoms with Crippen molar-refractivity contribution in [1.82, 2.24) is 0 Å². The molecule has 0 fully saturated rings. The normalized spacial score (nSPS) is 10.2. The Morgan fingerprint density at radius 3 is 2.45 bits per heavy atom. The van der Waals surface area contributed by atoms with Gasteiger partial charge in [0.2, 0.25) is 0 Å². The number of rotatable bonds is 5. The summed E-state index contributed by atoms with van der Waals surface area (Å²) in [6.45, 7) is 2.71. The molecule has 3 N–H and O–H groups in total. The first-order valence-electron chi connectivity index (χ1n) is 6.45. The number of nitrogens with one attached hydrogen (secondary N) is 1. The van der Waals surface area contributed by atoms with Gasteiger partial charge in [-0.25, -0.2) is 0 Å². The van der Waals surface area contributed by atoms with Crippen molar-refractivity contribution in [3.63, 3.8) is 0 Å². The lowest BCUT2D eigenvalue weighted by Crippen LogP contribution is -2.04. The van der Waals surface area contributed by atoms with E-state index in [9.17, 15) is 0 Å². The number of nitrogen functional groups attached to an aromatic ring is 1. The van der Waals surface area contributed by atoms with Crippen molar-refractivity contribution in [2.24, 2.45) is 0 Å². The second kappa shape index (κ2) is 6.19. The number of nitrogens with two attached hydrogens (primary N) is 1. The minimum atomic E-state index is 0.676. The average Bonchev–Trinajstić information content (AvgIpc) is 2.46. The quantitative estimate of drug-likeness (QED) is 0.821. The largest absolute Gasteiger partial charge is 0.493 e. The average molecular weight is 272 g/mol. The van der Waals surface area contributed by atoms with Gasteiger partial charge in [-0.3, -0.25) is 0 Å². The molecule has 4 nitrogen and oxygen atoms in total. The molecule has 0 unspecified atom stereocenters. The Bertz CT molecular complexity index is 577. The molecule has 0 aliphatic rings. The van der Waals surface area contributed by atoms with Crippen LogP contribution in [0.3, 0.4) is 0 Å². The van der Waals surface area contributed by atoms with Gasteiger partial charge in [0.05, 0.1) is 25.6 Å². The van der Waals surface area contributed by atoms with Crippen molar-refractivity contribution in [3.05, 3.63) is 47.5 Å². The minimum Gasteiger partial charge on any atom is -0.493 e. The fourth-order valence-electron chi connectivity index (χ4n) is 2.11. The Kier molecular flexibility index (Phi) is 4.35. The van der Waals surface area contributed by atoms with Gasteiger partial charge in [0.25, 0.3) is 0 Å². The summed E-state index contributed by atoms with van der Waals surface area (Å²) in [7, 11) is 3.26. The van der Waals surface area contributed by atoms with Crippen molar-refractivity contribution in [2.75, 3.05) is 25.3 Å². The van der Waals surface area contributed by atoms with Crippen molar-refractivity contribution in [2.45, 2.75) is 13.5 Å². The number of benzene rings is 2. The summed E-state index contributed by atoms with van der Waals surface area (Å²) >= 11 is 0. The smallest absolute Gasteiger partial charge is 0.161 e. The van der Waals surface area contributed by atoms with E-state index in [0.717, 1.165) is 34.0 Å². The molecule has 0 spiro atoms. The number of ether oxygens (including phenoxy) is 2. The zero-order valence-electron chi connectivity index (χ0n) is 12.1. The predicted octanol–water partition coefficient (Wildman–Crippen LogP) is 3.21. The predicted molar refractivity (Wildman–Crippen MR) is 82.5 cm³/mol. The van der Waals surface area contributed by atoms with Crippen LogP contribution < -0.4 is 20.5 Å². The summed E-state index contributed by atoms with van der Waals surface area (Å²) in [6, 6.07) is 11.7. The standard InChI is InChI=1S/C16H20N2O2/c1-11-5-4-6-13(17)16(11)18-10-12-7-8-14(19-2)15(9-12)20-3/h4-9,18H,10,17H2,1-3H3. The second-order valence-electron chi connectivity index (χ2n) is 4.58. The fourth-order valence-corrected chi connectivity index (χ4v) is 2.11. The molecule has 2 aromatic carbocycles. The summed E-state index contributed by atoms with van der Waals surface area (Å²) in [6.07, 6.45) is 0. The molecule has 0 radical (unpaired) electrons. The molecule has 2 rings (SSSR count). The van der Waals surface area contributed by atoms with Gasteiger partial charge in [0, 0.05) is 6.54 Å². The molecule has 0 saturated heterocycles. The van der Waals surface area contributed by atoms with E-state index in [1.54, 1.807) is 14.2 Å². The third-order valence-corrected chi connectivity index (χ3v) is 3.22. The lowest BCUT2D eigenvalue weighted by atomic mass is 10.1. The van der Waals surface area contributed by atoms with Gasteiger partial charge in [0.1, 0.15) is 0 Å². The number of hydrogen-bond acceptors (Lipinski definition) is 4. The van der Waals surface area contributed by atoms with Gasteiger partial charge in [0.15, 0.2) is 11.5 Å². The molecular weight excluding hydrogens is 252 g/mol. The first-order valence-corrected chi connectivity index (χ1v) is 6.45. The Hall–Kier alpha value is -2.36. The van der Waals surface area contributed by atoms with Gasteiger partial charge in [-0.2, -0.15) is 0 Å². The molecule has 0 bridgehead atoms. The van der Waals surface area contributed by atoms with Gasteiger partial charge in [-0.05, 0) is 36.2 Å². The molecule has 106 valence electrons. The van der Waals surface area contributed by atoms with Crippen LogP contribution in [0.2, 0.25) is 0 Å². The van der Waals surface area contributed by atoms with E-state index >= 15 is 0 Å². The van der Waals surface area contributed by atoms with E-state index < -0.39 is 0 Å². The number of anilines is 2. The van der Waals surface area contributed by atoms with Gasteiger partial charge >= 0.3 is 0 Å². The highest BCUT2D eigenvalue weighted by molar-refractivity contribution is 5.69. The zero-order valence-corrected chi connectivity index (χ0v) is 12.1. The van der Waals surface area contributed by atoms with Crippen LogP contribution in [-0.4, -0.2) is 14.2 Å². The molecule has 0 amide bonds. The molecule has 0 aliphatic heterocycles. The molecular formula is C16H20N2O2. The Morgan fingerprint density at radius 2 is 1.80 bits per heavy atom. The minimum absolute atomic E-state index is 0.676. The number of para-hydroxylation sites is 1. The maximum absolute atomic E-state index is 5.98. The van der Waals surface area contributed by atoms with Crippen LogP contribution >= 0.6 is 0 Å². The van der Waals surface area contributed by atoms with Gasteiger partial charge in [-0.1, -0.05) is 18.2 Å². The van der Waals surface area contributed by atoms with Crippen LogP contribution in [0.1, 0.15) is 11.1 Å². The highest BCUT2D eigenvalue weighted by Crippen LogP contribution is 2.28. The van der Waals surface area contributed by atoms with Crippen LogP contribution in [0.4, 0.5) is 11.4 Å². The Labute approximate surface area is 119 Å². The molecule has 2 aromatic rings. The second-order valence-corrected chi connectivity index (χ2v) is 4.58. The van der Waals surface area contributed by atoms with E-state index in [0.29, 0.717) is 6.54 Å². The van der Waals surface area contributed by atoms with Crippen molar-refractivity contribution in [1.29, 1.82) is 0 Å². The Morgan fingerprint density at radius 1 is 1.05 bits per heavy atom. The third-order valence-electron chi connectivity index (χ3n) is 3.22. The van der Waals surface area contributed by atoms with Crippen LogP contribution in [0.15, 0.2) is 36.4 Å². The first kappa shape index (κ1) is 14.1. The first-order chi connectivity index (χ1) is 9.65. The van der Waals surface area contributed by atoms with Crippen molar-refractivity contribution < 1.29 is 9.47 Å². The lowest BCUT2D eigenvalue weighted by Gasteiger charge is -2.14. The maximum Gasteiger partial charge on any atom is 0.161 e. The molecule has 20 heavy (non-hydrogen) atoms. The molecule has 0 aliphatic carbocycles. The number of aryl methyl sites for hydroxylation is 1. The fraction of sp³-hybridized carbons (Fsp3) is 0.250. The third kappa shape index (κ3) is 2.96. The highest BCUT2D eigenvalue weighted by Gasteiger charge is 2.06. The van der Waals surface area contributed by atoms with E-state index in [2.05, 4.69) is 5.32 Å². The summed E-state index contributed by atoms with van der Waals surface area (Å²) in [5.74, 6) is 1.45. The lowest BCUT2D eigenvalue weighted by molar-refractivity contribution is 0.354. The summed E-state index contributed by atoms with van der Waals surface area (Å²) in [4.78, 5) is 0. The van der Waals surface area contributed by atoms with Crippen LogP contribution in [0.25, 0.3) is 0 Å². The van der Waals surface area contributed by atoms with E-state index in [1.807, 2.05) is 43.3 Å². The highest BCUT2D eigenvalue weighted by atomic mass is 16.5.